The van der Waals surface area contributed by atoms with Gasteiger partial charge in [0.2, 0.25) is 5.91 Å². The number of hydrogen-bond acceptors (Lipinski definition) is 5. The summed E-state index contributed by atoms with van der Waals surface area (Å²) in [4.78, 5) is 42.8. The van der Waals surface area contributed by atoms with E-state index in [2.05, 4.69) is 20.8 Å². The van der Waals surface area contributed by atoms with E-state index in [1.165, 1.54) is 0 Å². The van der Waals surface area contributed by atoms with Crippen molar-refractivity contribution in [1.29, 1.82) is 0 Å². The summed E-state index contributed by atoms with van der Waals surface area (Å²) in [5, 5.41) is 11.8. The van der Waals surface area contributed by atoms with Crippen molar-refractivity contribution in [1.82, 2.24) is 4.90 Å². The highest BCUT2D eigenvalue weighted by atomic mass is 35.5. The molecule has 0 saturated carbocycles. The minimum absolute atomic E-state index is 0.128. The predicted molar refractivity (Wildman–Crippen MR) is 162 cm³/mol. The van der Waals surface area contributed by atoms with Crippen molar-refractivity contribution < 1.29 is 29.0 Å². The van der Waals surface area contributed by atoms with E-state index in [0.29, 0.717) is 42.4 Å². The smallest absolute Gasteiger partial charge is 0.308 e. The lowest BCUT2D eigenvalue weighted by atomic mass is 9.92. The molecule has 5 rings (SSSR count). The molecular formula is C33H37ClN2O6. The molecule has 1 N–H and O–H groups in total. The van der Waals surface area contributed by atoms with Crippen LogP contribution in [-0.2, 0) is 19.1 Å². The Morgan fingerprint density at radius 2 is 1.81 bits per heavy atom. The first-order valence-electron chi connectivity index (χ1n) is 14.3. The number of aliphatic carboxylic acids is 1. The van der Waals surface area contributed by atoms with Crippen molar-refractivity contribution >= 4 is 45.8 Å². The van der Waals surface area contributed by atoms with Gasteiger partial charge in [-0.25, -0.2) is 0 Å². The van der Waals surface area contributed by atoms with Gasteiger partial charge in [0.1, 0.15) is 18.0 Å². The van der Waals surface area contributed by atoms with Gasteiger partial charge in [0.05, 0.1) is 19.4 Å². The van der Waals surface area contributed by atoms with Gasteiger partial charge in [-0.3, -0.25) is 14.4 Å². The molecule has 2 aliphatic rings. The Morgan fingerprint density at radius 3 is 2.50 bits per heavy atom. The zero-order valence-electron chi connectivity index (χ0n) is 24.4. The van der Waals surface area contributed by atoms with E-state index in [4.69, 9.17) is 21.1 Å². The number of anilines is 1. The highest BCUT2D eigenvalue weighted by Gasteiger charge is 2.40. The van der Waals surface area contributed by atoms with E-state index in [-0.39, 0.29) is 30.2 Å². The molecule has 2 amide bonds. The molecule has 3 aromatic carbocycles. The van der Waals surface area contributed by atoms with E-state index in [0.717, 1.165) is 21.9 Å². The van der Waals surface area contributed by atoms with E-state index < -0.39 is 24.1 Å². The number of halogens is 1. The van der Waals surface area contributed by atoms with Crippen LogP contribution in [0.15, 0.2) is 54.6 Å². The Kier molecular flexibility index (Phi) is 8.49. The summed E-state index contributed by atoms with van der Waals surface area (Å²) < 4.78 is 12.3. The Hall–Kier alpha value is -3.62. The first-order chi connectivity index (χ1) is 20.0. The van der Waals surface area contributed by atoms with Crippen molar-refractivity contribution in [2.75, 3.05) is 31.6 Å². The number of carboxylic acid groups (broad SMARTS) is 1. The standard InChI is InChI=1S/C33H37ClN2O6/c1-33(2,3)19-36-26-13-11-21(34)16-25(26)30(24-12-14-27(41-4)23-10-6-5-9-22(23)24)42-28(31(36)38)17-29(37)35-15-7-8-20(18-35)32(39)40/h5-6,9-14,16,20,28,30H,7-8,15,17-19H2,1-4H3,(H,39,40)/t20?,28-,30-/m0/s1. The molecule has 0 aromatic heterocycles. The molecule has 222 valence electrons. The summed E-state index contributed by atoms with van der Waals surface area (Å²) in [5.41, 5.74) is 1.98. The van der Waals surface area contributed by atoms with Crippen molar-refractivity contribution in [3.05, 3.63) is 70.7 Å². The van der Waals surface area contributed by atoms with Gasteiger partial charge in [0.15, 0.2) is 0 Å². The first-order valence-corrected chi connectivity index (χ1v) is 14.7. The van der Waals surface area contributed by atoms with Gasteiger partial charge in [-0.2, -0.15) is 0 Å². The van der Waals surface area contributed by atoms with Crippen LogP contribution in [0.2, 0.25) is 5.02 Å². The van der Waals surface area contributed by atoms with Crippen molar-refractivity contribution in [3.8, 4) is 5.75 Å². The number of likely N-dealkylation sites (tertiary alicyclic amines) is 1. The van der Waals surface area contributed by atoms with Crippen molar-refractivity contribution in [2.45, 2.75) is 52.2 Å². The Balaban J connectivity index is 1.61. The average Bonchev–Trinajstić information content (AvgIpc) is 3.06. The molecule has 0 bridgehead atoms. The highest BCUT2D eigenvalue weighted by Crippen LogP contribution is 2.44. The number of hydrogen-bond donors (Lipinski definition) is 1. The fraction of sp³-hybridized carbons (Fsp3) is 0.424. The monoisotopic (exact) mass is 592 g/mol. The predicted octanol–water partition coefficient (Wildman–Crippen LogP) is 6.08. The first kappa shape index (κ1) is 29.9. The van der Waals surface area contributed by atoms with E-state index >= 15 is 0 Å². The average molecular weight is 593 g/mol. The summed E-state index contributed by atoms with van der Waals surface area (Å²) in [6.45, 7) is 7.14. The SMILES string of the molecule is COc1ccc([C@@H]2O[C@@H](CC(=O)N3CCCC(C(=O)O)C3)C(=O)N(CC(C)(C)C)c3ccc(Cl)cc32)c2ccccc12. The zero-order chi connectivity index (χ0) is 30.2. The molecule has 0 spiro atoms. The second kappa shape index (κ2) is 11.9. The lowest BCUT2D eigenvalue weighted by Gasteiger charge is -2.33. The quantitative estimate of drug-likeness (QED) is 0.372. The number of piperidine rings is 1. The van der Waals surface area contributed by atoms with Crippen LogP contribution in [0.4, 0.5) is 5.69 Å². The Labute approximate surface area is 251 Å². The largest absolute Gasteiger partial charge is 0.496 e. The summed E-state index contributed by atoms with van der Waals surface area (Å²) in [7, 11) is 1.62. The third-order valence-corrected chi connectivity index (χ3v) is 8.18. The molecule has 1 saturated heterocycles. The Bertz CT molecular complexity index is 1520. The molecule has 1 unspecified atom stereocenters. The number of rotatable bonds is 6. The second-order valence-electron chi connectivity index (χ2n) is 12.3. The van der Waals surface area contributed by atoms with Crippen LogP contribution in [-0.4, -0.2) is 60.6 Å². The van der Waals surface area contributed by atoms with Crippen LogP contribution in [0.5, 0.6) is 5.75 Å². The van der Waals surface area contributed by atoms with Gasteiger partial charge in [-0.1, -0.05) is 62.7 Å². The van der Waals surface area contributed by atoms with Crippen LogP contribution in [0.25, 0.3) is 10.8 Å². The van der Waals surface area contributed by atoms with Crippen LogP contribution in [0, 0.1) is 11.3 Å². The van der Waals surface area contributed by atoms with Gasteiger partial charge in [0.25, 0.3) is 5.91 Å². The van der Waals surface area contributed by atoms with Gasteiger partial charge in [-0.15, -0.1) is 0 Å². The number of benzene rings is 3. The zero-order valence-corrected chi connectivity index (χ0v) is 25.2. The maximum absolute atomic E-state index is 14.3. The van der Waals surface area contributed by atoms with Gasteiger partial charge < -0.3 is 24.4 Å². The minimum Gasteiger partial charge on any atom is -0.496 e. The third-order valence-electron chi connectivity index (χ3n) is 7.94. The number of nitrogens with zero attached hydrogens (tertiary/aromatic N) is 2. The second-order valence-corrected chi connectivity index (χ2v) is 12.8. The molecule has 0 aliphatic carbocycles. The fourth-order valence-electron chi connectivity index (χ4n) is 5.98. The van der Waals surface area contributed by atoms with E-state index in [1.807, 2.05) is 48.5 Å². The number of carbonyl (C=O) groups is 3. The van der Waals surface area contributed by atoms with Gasteiger partial charge >= 0.3 is 5.97 Å². The van der Waals surface area contributed by atoms with E-state index in [9.17, 15) is 19.5 Å². The molecule has 3 aromatic rings. The summed E-state index contributed by atoms with van der Waals surface area (Å²) in [6, 6.07) is 17.1. The normalized spacial score (nSPS) is 21.2. The third kappa shape index (κ3) is 6.10. The van der Waals surface area contributed by atoms with Crippen LogP contribution < -0.4 is 9.64 Å². The molecule has 2 heterocycles. The number of carboxylic acids is 1. The number of carbonyl (C=O) groups excluding carboxylic acids is 2. The summed E-state index contributed by atoms with van der Waals surface area (Å²) in [6.07, 6.45) is -0.877. The van der Waals surface area contributed by atoms with Gasteiger partial charge in [-0.05, 0) is 53.5 Å². The van der Waals surface area contributed by atoms with Crippen LogP contribution in [0.3, 0.4) is 0 Å². The number of ether oxygens (including phenoxy) is 2. The minimum atomic E-state index is -1.10. The molecular weight excluding hydrogens is 556 g/mol. The van der Waals surface area contributed by atoms with Crippen molar-refractivity contribution in [3.63, 3.8) is 0 Å². The molecule has 2 aliphatic heterocycles. The Morgan fingerprint density at radius 1 is 1.07 bits per heavy atom. The number of amides is 2. The lowest BCUT2D eigenvalue weighted by Crippen LogP contribution is -2.47. The van der Waals surface area contributed by atoms with Gasteiger partial charge in [0, 0.05) is 41.3 Å². The van der Waals surface area contributed by atoms with Crippen molar-refractivity contribution in [2.24, 2.45) is 11.3 Å². The lowest BCUT2D eigenvalue weighted by molar-refractivity contribution is -0.148. The number of fused-ring (bicyclic) bond motifs is 2. The molecule has 3 atom stereocenters. The van der Waals surface area contributed by atoms with E-state index in [1.54, 1.807) is 23.0 Å². The fourth-order valence-corrected chi connectivity index (χ4v) is 6.16. The van der Waals surface area contributed by atoms with Crippen LogP contribution in [0.1, 0.15) is 57.3 Å². The highest BCUT2D eigenvalue weighted by molar-refractivity contribution is 6.30. The summed E-state index contributed by atoms with van der Waals surface area (Å²) in [5.74, 6) is -1.42. The number of methoxy groups -OCH3 is 1. The topological polar surface area (TPSA) is 96.4 Å². The molecule has 42 heavy (non-hydrogen) atoms. The molecule has 0 radical (unpaired) electrons. The molecule has 1 fully saturated rings. The molecule has 9 heteroatoms. The maximum Gasteiger partial charge on any atom is 0.308 e. The van der Waals surface area contributed by atoms with Crippen LogP contribution >= 0.6 is 11.6 Å². The summed E-state index contributed by atoms with van der Waals surface area (Å²) >= 11 is 6.54. The maximum atomic E-state index is 14.3. The molecule has 8 nitrogen and oxygen atoms in total.